The van der Waals surface area contributed by atoms with Gasteiger partial charge in [-0.1, -0.05) is 311 Å². The molecule has 0 radical (unpaired) electrons. The largest absolute Gasteiger partial charge is 0.462 e. The van der Waals surface area contributed by atoms with Crippen molar-refractivity contribution in [2.75, 3.05) is 13.2 Å². The third-order valence-corrected chi connectivity index (χ3v) is 14.2. The summed E-state index contributed by atoms with van der Waals surface area (Å²) >= 11 is 0. The average Bonchev–Trinajstić information content (AvgIpc) is 3.31. The van der Waals surface area contributed by atoms with Crippen molar-refractivity contribution in [1.82, 2.24) is 0 Å². The van der Waals surface area contributed by atoms with Crippen LogP contribution in [0.4, 0.5) is 0 Å². The Hall–Kier alpha value is -1.59. The summed E-state index contributed by atoms with van der Waals surface area (Å²) in [5.41, 5.74) is 0. The Balaban J connectivity index is 4.17. The highest BCUT2D eigenvalue weighted by Gasteiger charge is 2.19. The van der Waals surface area contributed by atoms with Crippen LogP contribution in [0.3, 0.4) is 0 Å². The second kappa shape index (κ2) is 54.7. The standard InChI is InChI=1S/C62H120O6/c1-6-7-8-9-10-11-32-39-44-49-54-62(65)68-59(56-67-61(64)53-48-43-38-34-29-25-21-17-16-19-23-27-31-36-41-46-51-58(4)5)55-66-60(63)52-47-42-37-33-28-24-20-15-13-12-14-18-22-26-30-35-40-45-50-57(2)3/h57-59H,6-56H2,1-5H3/t59-/m1/s1. The lowest BCUT2D eigenvalue weighted by atomic mass is 10.0. The molecule has 68 heavy (non-hydrogen) atoms. The lowest BCUT2D eigenvalue weighted by molar-refractivity contribution is -0.167. The van der Waals surface area contributed by atoms with Gasteiger partial charge in [-0.25, -0.2) is 0 Å². The first-order valence-electron chi connectivity index (χ1n) is 30.7. The van der Waals surface area contributed by atoms with Gasteiger partial charge in [-0.15, -0.1) is 0 Å². The third kappa shape index (κ3) is 55.3. The predicted octanol–water partition coefficient (Wildman–Crippen LogP) is 20.4. The molecule has 0 saturated carbocycles. The van der Waals surface area contributed by atoms with Crippen molar-refractivity contribution >= 4 is 17.9 Å². The normalized spacial score (nSPS) is 12.0. The lowest BCUT2D eigenvalue weighted by Gasteiger charge is -2.18. The number of hydrogen-bond donors (Lipinski definition) is 0. The molecule has 0 saturated heterocycles. The van der Waals surface area contributed by atoms with Gasteiger partial charge in [0.05, 0.1) is 0 Å². The van der Waals surface area contributed by atoms with E-state index in [1.807, 2.05) is 0 Å². The molecule has 0 amide bonds. The summed E-state index contributed by atoms with van der Waals surface area (Å²) < 4.78 is 16.9. The summed E-state index contributed by atoms with van der Waals surface area (Å²) in [5, 5.41) is 0. The third-order valence-electron chi connectivity index (χ3n) is 14.2. The van der Waals surface area contributed by atoms with E-state index in [0.717, 1.165) is 69.6 Å². The van der Waals surface area contributed by atoms with E-state index in [9.17, 15) is 14.4 Å². The van der Waals surface area contributed by atoms with E-state index in [1.165, 1.54) is 238 Å². The number of hydrogen-bond acceptors (Lipinski definition) is 6. The van der Waals surface area contributed by atoms with Gasteiger partial charge < -0.3 is 14.2 Å². The molecule has 1 atom stereocenters. The van der Waals surface area contributed by atoms with Gasteiger partial charge in [-0.05, 0) is 31.1 Å². The van der Waals surface area contributed by atoms with Crippen molar-refractivity contribution in [2.45, 2.75) is 355 Å². The van der Waals surface area contributed by atoms with Gasteiger partial charge in [-0.2, -0.15) is 0 Å². The van der Waals surface area contributed by atoms with Gasteiger partial charge >= 0.3 is 17.9 Å². The molecule has 0 heterocycles. The zero-order valence-corrected chi connectivity index (χ0v) is 46.7. The summed E-state index contributed by atoms with van der Waals surface area (Å²) in [6, 6.07) is 0. The summed E-state index contributed by atoms with van der Waals surface area (Å²) in [6.07, 6.45) is 59.6. The molecule has 0 aliphatic rings. The van der Waals surface area contributed by atoms with Crippen LogP contribution < -0.4 is 0 Å². The van der Waals surface area contributed by atoms with E-state index < -0.39 is 6.10 Å². The molecular formula is C62H120O6. The van der Waals surface area contributed by atoms with Crippen LogP contribution in [0.1, 0.15) is 349 Å². The quantitative estimate of drug-likeness (QED) is 0.0343. The monoisotopic (exact) mass is 961 g/mol. The highest BCUT2D eigenvalue weighted by atomic mass is 16.6. The Kier molecular flexibility index (Phi) is 53.5. The highest BCUT2D eigenvalue weighted by Crippen LogP contribution is 2.19. The molecular weight excluding hydrogens is 841 g/mol. The Morgan fingerprint density at radius 3 is 0.721 bits per heavy atom. The maximum atomic E-state index is 12.8. The van der Waals surface area contributed by atoms with E-state index >= 15 is 0 Å². The van der Waals surface area contributed by atoms with Crippen molar-refractivity contribution in [3.8, 4) is 0 Å². The van der Waals surface area contributed by atoms with E-state index in [4.69, 9.17) is 14.2 Å². The van der Waals surface area contributed by atoms with Gasteiger partial charge in [0.25, 0.3) is 0 Å². The number of ether oxygens (including phenoxy) is 3. The van der Waals surface area contributed by atoms with Gasteiger partial charge in [-0.3, -0.25) is 14.4 Å². The summed E-state index contributed by atoms with van der Waals surface area (Å²) in [4.78, 5) is 38.1. The molecule has 0 fully saturated rings. The van der Waals surface area contributed by atoms with Crippen LogP contribution in [0.25, 0.3) is 0 Å². The topological polar surface area (TPSA) is 78.9 Å². The van der Waals surface area contributed by atoms with E-state index in [0.29, 0.717) is 19.3 Å². The number of carbonyl (C=O) groups is 3. The first kappa shape index (κ1) is 66.4. The Morgan fingerprint density at radius 1 is 0.279 bits per heavy atom. The molecule has 6 nitrogen and oxygen atoms in total. The Labute approximate surface area is 425 Å². The van der Waals surface area contributed by atoms with Crippen LogP contribution >= 0.6 is 0 Å². The lowest BCUT2D eigenvalue weighted by Crippen LogP contribution is -2.30. The smallest absolute Gasteiger partial charge is 0.306 e. The maximum absolute atomic E-state index is 12.8. The highest BCUT2D eigenvalue weighted by molar-refractivity contribution is 5.71. The number of carbonyl (C=O) groups excluding carboxylic acids is 3. The first-order chi connectivity index (χ1) is 33.2. The molecule has 0 aliphatic carbocycles. The summed E-state index contributed by atoms with van der Waals surface area (Å²) in [5.74, 6) is 0.875. The molecule has 0 aliphatic heterocycles. The number of unbranched alkanes of at least 4 members (excludes halogenated alkanes) is 41. The SMILES string of the molecule is CCCCCCCCCCCCC(=O)O[C@H](COC(=O)CCCCCCCCCCCCCCCCCCCCC(C)C)COC(=O)CCCCCCCCCCCCCCCCCCC(C)C. The minimum Gasteiger partial charge on any atom is -0.462 e. The molecule has 0 aromatic carbocycles. The second-order valence-corrected chi connectivity index (χ2v) is 22.3. The minimum atomic E-state index is -0.762. The van der Waals surface area contributed by atoms with Crippen LogP contribution in [0.15, 0.2) is 0 Å². The zero-order chi connectivity index (χ0) is 49.6. The van der Waals surface area contributed by atoms with Gasteiger partial charge in [0.1, 0.15) is 13.2 Å². The fourth-order valence-corrected chi connectivity index (χ4v) is 9.58. The number of rotatable bonds is 56. The van der Waals surface area contributed by atoms with Crippen molar-refractivity contribution in [3.63, 3.8) is 0 Å². The fourth-order valence-electron chi connectivity index (χ4n) is 9.58. The zero-order valence-electron chi connectivity index (χ0n) is 46.7. The molecule has 404 valence electrons. The minimum absolute atomic E-state index is 0.0623. The first-order valence-corrected chi connectivity index (χ1v) is 30.7. The van der Waals surface area contributed by atoms with Crippen molar-refractivity contribution in [2.24, 2.45) is 11.8 Å². The molecule has 0 rings (SSSR count). The predicted molar refractivity (Wildman–Crippen MR) is 293 cm³/mol. The molecule has 0 bridgehead atoms. The summed E-state index contributed by atoms with van der Waals surface area (Å²) in [7, 11) is 0. The Bertz CT molecular complexity index is 1040. The van der Waals surface area contributed by atoms with E-state index in [-0.39, 0.29) is 31.1 Å². The molecule has 0 unspecified atom stereocenters. The molecule has 6 heteroatoms. The number of esters is 3. The second-order valence-electron chi connectivity index (χ2n) is 22.3. The molecule has 0 N–H and O–H groups in total. The Morgan fingerprint density at radius 2 is 0.485 bits per heavy atom. The van der Waals surface area contributed by atoms with Gasteiger partial charge in [0.15, 0.2) is 6.10 Å². The molecule has 0 spiro atoms. The van der Waals surface area contributed by atoms with Crippen LogP contribution in [0.5, 0.6) is 0 Å². The van der Waals surface area contributed by atoms with Crippen molar-refractivity contribution in [1.29, 1.82) is 0 Å². The maximum Gasteiger partial charge on any atom is 0.306 e. The van der Waals surface area contributed by atoms with Crippen molar-refractivity contribution in [3.05, 3.63) is 0 Å². The molecule has 0 aromatic rings. The van der Waals surface area contributed by atoms with Crippen LogP contribution in [-0.2, 0) is 28.6 Å². The fraction of sp³-hybridized carbons (Fsp3) is 0.952. The molecule has 0 aromatic heterocycles. The van der Waals surface area contributed by atoms with E-state index in [2.05, 4.69) is 34.6 Å². The average molecular weight is 962 g/mol. The van der Waals surface area contributed by atoms with Gasteiger partial charge in [0.2, 0.25) is 0 Å². The van der Waals surface area contributed by atoms with Crippen molar-refractivity contribution < 1.29 is 28.6 Å². The van der Waals surface area contributed by atoms with Gasteiger partial charge in [0, 0.05) is 19.3 Å². The van der Waals surface area contributed by atoms with Crippen LogP contribution in [0.2, 0.25) is 0 Å². The van der Waals surface area contributed by atoms with Crippen LogP contribution in [-0.4, -0.2) is 37.2 Å². The van der Waals surface area contributed by atoms with Crippen LogP contribution in [0, 0.1) is 11.8 Å². The summed E-state index contributed by atoms with van der Waals surface area (Å²) in [6.45, 7) is 11.4. The van der Waals surface area contributed by atoms with E-state index in [1.54, 1.807) is 0 Å².